The SMILES string of the molecule is CC(C)C(=O)C(=O)N1CCCCC1C(=O)O. The van der Waals surface area contributed by atoms with E-state index in [0.717, 1.165) is 12.8 Å². The van der Waals surface area contributed by atoms with Gasteiger partial charge in [0.25, 0.3) is 5.91 Å². The van der Waals surface area contributed by atoms with Crippen LogP contribution < -0.4 is 0 Å². The van der Waals surface area contributed by atoms with Gasteiger partial charge in [0.1, 0.15) is 6.04 Å². The van der Waals surface area contributed by atoms with Crippen LogP contribution >= 0.6 is 0 Å². The second-order valence-corrected chi connectivity index (χ2v) is 4.37. The molecule has 1 saturated heterocycles. The first kappa shape index (κ1) is 12.7. The molecule has 0 aromatic rings. The number of hydrogen-bond donors (Lipinski definition) is 1. The second kappa shape index (κ2) is 5.09. The summed E-state index contributed by atoms with van der Waals surface area (Å²) >= 11 is 0. The molecule has 0 radical (unpaired) electrons. The minimum absolute atomic E-state index is 0.369. The molecule has 1 aliphatic heterocycles. The highest BCUT2D eigenvalue weighted by Crippen LogP contribution is 2.18. The quantitative estimate of drug-likeness (QED) is 0.719. The van der Waals surface area contributed by atoms with Crippen LogP contribution in [-0.4, -0.2) is 40.3 Å². The van der Waals surface area contributed by atoms with Gasteiger partial charge >= 0.3 is 5.97 Å². The molecule has 0 aromatic carbocycles. The molecule has 1 aliphatic rings. The number of hydrogen-bond acceptors (Lipinski definition) is 3. The lowest BCUT2D eigenvalue weighted by molar-refractivity contribution is -0.156. The zero-order chi connectivity index (χ0) is 12.3. The zero-order valence-corrected chi connectivity index (χ0v) is 9.60. The number of carboxylic acid groups (broad SMARTS) is 1. The maximum absolute atomic E-state index is 11.8. The molecule has 1 rings (SSSR count). The van der Waals surface area contributed by atoms with Crippen molar-refractivity contribution in [3.8, 4) is 0 Å². The zero-order valence-electron chi connectivity index (χ0n) is 9.60. The molecule has 0 aliphatic carbocycles. The Bertz CT molecular complexity index is 311. The molecule has 1 heterocycles. The minimum Gasteiger partial charge on any atom is -0.480 e. The van der Waals surface area contributed by atoms with Crippen molar-refractivity contribution in [2.45, 2.75) is 39.2 Å². The van der Waals surface area contributed by atoms with Crippen molar-refractivity contribution in [3.05, 3.63) is 0 Å². The van der Waals surface area contributed by atoms with Crippen LogP contribution in [0.5, 0.6) is 0 Å². The van der Waals surface area contributed by atoms with Gasteiger partial charge in [0.2, 0.25) is 5.78 Å². The van der Waals surface area contributed by atoms with Gasteiger partial charge in [0.05, 0.1) is 0 Å². The third-order valence-corrected chi connectivity index (χ3v) is 2.78. The van der Waals surface area contributed by atoms with Gasteiger partial charge in [-0.15, -0.1) is 0 Å². The summed E-state index contributed by atoms with van der Waals surface area (Å²) < 4.78 is 0. The molecule has 1 amide bonds. The average Bonchev–Trinajstić information content (AvgIpc) is 2.26. The van der Waals surface area contributed by atoms with E-state index in [1.54, 1.807) is 13.8 Å². The van der Waals surface area contributed by atoms with Gasteiger partial charge in [0, 0.05) is 12.5 Å². The fourth-order valence-corrected chi connectivity index (χ4v) is 1.82. The van der Waals surface area contributed by atoms with Crippen LogP contribution in [0.25, 0.3) is 0 Å². The van der Waals surface area contributed by atoms with Crippen LogP contribution in [0.3, 0.4) is 0 Å². The Morgan fingerprint density at radius 1 is 1.25 bits per heavy atom. The van der Waals surface area contributed by atoms with Crippen molar-refractivity contribution in [1.82, 2.24) is 4.90 Å². The van der Waals surface area contributed by atoms with E-state index in [0.29, 0.717) is 13.0 Å². The van der Waals surface area contributed by atoms with Crippen molar-refractivity contribution in [1.29, 1.82) is 0 Å². The van der Waals surface area contributed by atoms with Gasteiger partial charge in [-0.1, -0.05) is 13.8 Å². The Balaban J connectivity index is 2.79. The van der Waals surface area contributed by atoms with E-state index in [9.17, 15) is 14.4 Å². The molecule has 0 aromatic heterocycles. The predicted octanol–water partition coefficient (Wildman–Crippen LogP) is 0.677. The predicted molar refractivity (Wildman–Crippen MR) is 56.8 cm³/mol. The third-order valence-electron chi connectivity index (χ3n) is 2.78. The van der Waals surface area contributed by atoms with Gasteiger partial charge < -0.3 is 10.0 Å². The summed E-state index contributed by atoms with van der Waals surface area (Å²) in [6.45, 7) is 3.65. The first-order chi connectivity index (χ1) is 7.45. The Morgan fingerprint density at radius 2 is 1.88 bits per heavy atom. The highest BCUT2D eigenvalue weighted by atomic mass is 16.4. The number of aliphatic carboxylic acids is 1. The van der Waals surface area contributed by atoms with E-state index in [1.807, 2.05) is 0 Å². The highest BCUT2D eigenvalue weighted by Gasteiger charge is 2.35. The van der Waals surface area contributed by atoms with Gasteiger partial charge in [0.15, 0.2) is 0 Å². The summed E-state index contributed by atoms with van der Waals surface area (Å²) in [5.74, 6) is -2.57. The van der Waals surface area contributed by atoms with E-state index in [2.05, 4.69) is 0 Å². The van der Waals surface area contributed by atoms with Gasteiger partial charge in [-0.3, -0.25) is 9.59 Å². The number of carboxylic acids is 1. The summed E-state index contributed by atoms with van der Waals surface area (Å²) in [5.41, 5.74) is 0. The second-order valence-electron chi connectivity index (χ2n) is 4.37. The van der Waals surface area contributed by atoms with Crippen LogP contribution in [0.15, 0.2) is 0 Å². The number of carbonyl (C=O) groups excluding carboxylic acids is 2. The summed E-state index contributed by atoms with van der Waals surface area (Å²) in [4.78, 5) is 35.5. The summed E-state index contributed by atoms with van der Waals surface area (Å²) in [5, 5.41) is 8.97. The van der Waals surface area contributed by atoms with Crippen LogP contribution in [0.1, 0.15) is 33.1 Å². The van der Waals surface area contributed by atoms with Crippen LogP contribution in [0.4, 0.5) is 0 Å². The van der Waals surface area contributed by atoms with Gasteiger partial charge in [-0.05, 0) is 19.3 Å². The highest BCUT2D eigenvalue weighted by molar-refractivity contribution is 6.37. The summed E-state index contributed by atoms with van der Waals surface area (Å²) in [6, 6.07) is -0.830. The van der Waals surface area contributed by atoms with Crippen molar-refractivity contribution in [3.63, 3.8) is 0 Å². The molecule has 90 valence electrons. The number of piperidine rings is 1. The molecule has 0 saturated carbocycles. The van der Waals surface area contributed by atoms with Crippen LogP contribution in [0.2, 0.25) is 0 Å². The Morgan fingerprint density at radius 3 is 2.38 bits per heavy atom. The molecular formula is C11H17NO4. The third kappa shape index (κ3) is 2.59. The van der Waals surface area contributed by atoms with Crippen molar-refractivity contribution in [2.24, 2.45) is 5.92 Å². The molecule has 1 unspecified atom stereocenters. The topological polar surface area (TPSA) is 74.7 Å². The Hall–Kier alpha value is -1.39. The lowest BCUT2D eigenvalue weighted by Crippen LogP contribution is -2.51. The number of rotatable bonds is 3. The van der Waals surface area contributed by atoms with E-state index in [4.69, 9.17) is 5.11 Å². The number of nitrogens with zero attached hydrogens (tertiary/aromatic N) is 1. The number of likely N-dealkylation sites (tertiary alicyclic amines) is 1. The first-order valence-electron chi connectivity index (χ1n) is 5.52. The molecule has 16 heavy (non-hydrogen) atoms. The molecule has 1 N–H and O–H groups in total. The molecule has 1 fully saturated rings. The number of Topliss-reactive ketones (excluding diaryl/α,β-unsaturated/α-hetero) is 1. The van der Waals surface area contributed by atoms with E-state index >= 15 is 0 Å². The van der Waals surface area contributed by atoms with Crippen molar-refractivity contribution in [2.75, 3.05) is 6.54 Å². The molecule has 5 heteroatoms. The normalized spacial score (nSPS) is 20.9. The van der Waals surface area contributed by atoms with Gasteiger partial charge in [-0.2, -0.15) is 0 Å². The lowest BCUT2D eigenvalue weighted by Gasteiger charge is -2.32. The van der Waals surface area contributed by atoms with Gasteiger partial charge in [-0.25, -0.2) is 4.79 Å². The fraction of sp³-hybridized carbons (Fsp3) is 0.727. The lowest BCUT2D eigenvalue weighted by atomic mass is 10.00. The monoisotopic (exact) mass is 227 g/mol. The maximum Gasteiger partial charge on any atom is 0.326 e. The first-order valence-corrected chi connectivity index (χ1v) is 5.52. The van der Waals surface area contributed by atoms with Crippen LogP contribution in [0, 0.1) is 5.92 Å². The standard InChI is InChI=1S/C11H17NO4/c1-7(2)9(13)10(14)12-6-4-3-5-8(12)11(15)16/h7-8H,3-6H2,1-2H3,(H,15,16). The smallest absolute Gasteiger partial charge is 0.326 e. The molecule has 1 atom stereocenters. The average molecular weight is 227 g/mol. The minimum atomic E-state index is -1.02. The van der Waals surface area contributed by atoms with Crippen molar-refractivity contribution >= 4 is 17.7 Å². The Kier molecular flexibility index (Phi) is 4.04. The molecule has 0 bridgehead atoms. The largest absolute Gasteiger partial charge is 0.480 e. The Labute approximate surface area is 94.4 Å². The molecule has 0 spiro atoms. The van der Waals surface area contributed by atoms with Crippen LogP contribution in [-0.2, 0) is 14.4 Å². The maximum atomic E-state index is 11.8. The number of ketones is 1. The fourth-order valence-electron chi connectivity index (χ4n) is 1.82. The van der Waals surface area contributed by atoms with E-state index < -0.39 is 23.7 Å². The number of amides is 1. The molecule has 5 nitrogen and oxygen atoms in total. The summed E-state index contributed by atoms with van der Waals surface area (Å²) in [6.07, 6.45) is 1.99. The number of carbonyl (C=O) groups is 3. The molecular weight excluding hydrogens is 210 g/mol. The van der Waals surface area contributed by atoms with E-state index in [1.165, 1.54) is 4.90 Å². The van der Waals surface area contributed by atoms with E-state index in [-0.39, 0.29) is 5.92 Å². The summed E-state index contributed by atoms with van der Waals surface area (Å²) in [7, 11) is 0. The van der Waals surface area contributed by atoms with Crippen molar-refractivity contribution < 1.29 is 19.5 Å².